The van der Waals surface area contributed by atoms with Gasteiger partial charge >= 0.3 is 0 Å². The molecular formula is C15H30N2O3. The van der Waals surface area contributed by atoms with E-state index in [2.05, 4.69) is 12.2 Å². The normalized spacial score (nSPS) is 22.7. The van der Waals surface area contributed by atoms with Gasteiger partial charge in [0.2, 0.25) is 5.91 Å². The fourth-order valence-corrected chi connectivity index (χ4v) is 2.59. The number of hydrogen-bond donors (Lipinski definition) is 2. The lowest BCUT2D eigenvalue weighted by Gasteiger charge is -2.18. The minimum Gasteiger partial charge on any atom is -0.353 e. The molecule has 2 atom stereocenters. The van der Waals surface area contributed by atoms with Crippen LogP contribution in [0.3, 0.4) is 0 Å². The van der Waals surface area contributed by atoms with Crippen molar-refractivity contribution in [3.05, 3.63) is 0 Å². The quantitative estimate of drug-likeness (QED) is 0.678. The van der Waals surface area contributed by atoms with E-state index in [1.807, 2.05) is 13.8 Å². The minimum atomic E-state index is -0.525. The number of carbonyl (C=O) groups is 1. The van der Waals surface area contributed by atoms with E-state index in [0.717, 1.165) is 25.7 Å². The zero-order chi connectivity index (χ0) is 15.0. The monoisotopic (exact) mass is 286 g/mol. The molecule has 0 saturated carbocycles. The molecule has 0 bridgehead atoms. The summed E-state index contributed by atoms with van der Waals surface area (Å²) >= 11 is 0. The number of ether oxygens (including phenoxy) is 2. The molecule has 0 spiro atoms. The van der Waals surface area contributed by atoms with E-state index in [9.17, 15) is 4.79 Å². The van der Waals surface area contributed by atoms with Gasteiger partial charge in [0.05, 0.1) is 6.61 Å². The summed E-state index contributed by atoms with van der Waals surface area (Å²) in [6.07, 6.45) is 4.76. The Kier molecular flexibility index (Phi) is 7.48. The van der Waals surface area contributed by atoms with Crippen LogP contribution < -0.4 is 11.1 Å². The molecule has 1 amide bonds. The molecule has 0 aromatic carbocycles. The van der Waals surface area contributed by atoms with Gasteiger partial charge in [-0.3, -0.25) is 4.79 Å². The Morgan fingerprint density at radius 1 is 1.40 bits per heavy atom. The first kappa shape index (κ1) is 17.4. The van der Waals surface area contributed by atoms with E-state index >= 15 is 0 Å². The van der Waals surface area contributed by atoms with Crippen molar-refractivity contribution in [3.63, 3.8) is 0 Å². The van der Waals surface area contributed by atoms with E-state index in [1.54, 1.807) is 0 Å². The van der Waals surface area contributed by atoms with Crippen LogP contribution >= 0.6 is 0 Å². The minimum absolute atomic E-state index is 0.0376. The topological polar surface area (TPSA) is 73.6 Å². The first-order valence-corrected chi connectivity index (χ1v) is 7.75. The zero-order valence-electron chi connectivity index (χ0n) is 13.1. The second kappa shape index (κ2) is 8.60. The molecule has 1 saturated heterocycles. The SMILES string of the molecule is CCCC(CCN)CCC(=O)NCC1COC(C)(C)O1. The molecule has 1 fully saturated rings. The fraction of sp³-hybridized carbons (Fsp3) is 0.933. The summed E-state index contributed by atoms with van der Waals surface area (Å²) in [7, 11) is 0. The molecule has 1 rings (SSSR count). The number of amides is 1. The van der Waals surface area contributed by atoms with Crippen LogP contribution in [-0.2, 0) is 14.3 Å². The summed E-state index contributed by atoms with van der Waals surface area (Å²) in [4.78, 5) is 11.8. The van der Waals surface area contributed by atoms with Gasteiger partial charge in [-0.2, -0.15) is 0 Å². The molecule has 2 unspecified atom stereocenters. The standard InChI is InChI=1S/C15H30N2O3/c1-4-5-12(8-9-16)6-7-14(18)17-10-13-11-19-15(2,3)20-13/h12-13H,4-11,16H2,1-3H3,(H,17,18). The highest BCUT2D eigenvalue weighted by Crippen LogP contribution is 2.21. The smallest absolute Gasteiger partial charge is 0.220 e. The number of carbonyl (C=O) groups excluding carboxylic acids is 1. The molecule has 118 valence electrons. The molecule has 0 aliphatic carbocycles. The molecule has 1 aliphatic heterocycles. The van der Waals surface area contributed by atoms with E-state index in [1.165, 1.54) is 0 Å². The largest absolute Gasteiger partial charge is 0.353 e. The Labute approximate surface area is 122 Å². The van der Waals surface area contributed by atoms with Crippen molar-refractivity contribution in [2.45, 2.75) is 64.8 Å². The third-order valence-corrected chi connectivity index (χ3v) is 3.65. The maximum absolute atomic E-state index is 11.8. The summed E-state index contributed by atoms with van der Waals surface area (Å²) in [6.45, 7) is 7.71. The van der Waals surface area contributed by atoms with Gasteiger partial charge < -0.3 is 20.5 Å². The van der Waals surface area contributed by atoms with Gasteiger partial charge in [-0.15, -0.1) is 0 Å². The summed E-state index contributed by atoms with van der Waals surface area (Å²) in [5.41, 5.74) is 5.60. The van der Waals surface area contributed by atoms with Crippen molar-refractivity contribution in [2.75, 3.05) is 19.7 Å². The average Bonchev–Trinajstić information content (AvgIpc) is 2.74. The van der Waals surface area contributed by atoms with Crippen molar-refractivity contribution in [1.29, 1.82) is 0 Å². The van der Waals surface area contributed by atoms with Crippen molar-refractivity contribution in [3.8, 4) is 0 Å². The molecule has 0 aromatic rings. The lowest BCUT2D eigenvalue weighted by Crippen LogP contribution is -2.34. The Balaban J connectivity index is 2.16. The lowest BCUT2D eigenvalue weighted by atomic mass is 9.94. The van der Waals surface area contributed by atoms with Crippen LogP contribution in [0.5, 0.6) is 0 Å². The third-order valence-electron chi connectivity index (χ3n) is 3.65. The molecule has 5 nitrogen and oxygen atoms in total. The highest BCUT2D eigenvalue weighted by Gasteiger charge is 2.32. The van der Waals surface area contributed by atoms with Gasteiger partial charge in [0.1, 0.15) is 6.10 Å². The number of nitrogens with one attached hydrogen (secondary N) is 1. The summed E-state index contributed by atoms with van der Waals surface area (Å²) < 4.78 is 11.1. The molecule has 0 radical (unpaired) electrons. The van der Waals surface area contributed by atoms with E-state index in [-0.39, 0.29) is 12.0 Å². The molecule has 0 aromatic heterocycles. The zero-order valence-corrected chi connectivity index (χ0v) is 13.1. The van der Waals surface area contributed by atoms with Crippen molar-refractivity contribution in [2.24, 2.45) is 11.7 Å². The van der Waals surface area contributed by atoms with Gasteiger partial charge in [0.15, 0.2) is 5.79 Å². The Morgan fingerprint density at radius 2 is 2.15 bits per heavy atom. The Hall–Kier alpha value is -0.650. The molecule has 3 N–H and O–H groups in total. The van der Waals surface area contributed by atoms with Gasteiger partial charge in [-0.05, 0) is 39.2 Å². The molecule has 1 heterocycles. The predicted octanol–water partition coefficient (Wildman–Crippen LogP) is 1.80. The summed E-state index contributed by atoms with van der Waals surface area (Å²) in [6, 6.07) is 0. The van der Waals surface area contributed by atoms with Crippen molar-refractivity contribution >= 4 is 5.91 Å². The summed E-state index contributed by atoms with van der Waals surface area (Å²) in [5.74, 6) is 0.139. The van der Waals surface area contributed by atoms with Crippen LogP contribution in [-0.4, -0.2) is 37.5 Å². The van der Waals surface area contributed by atoms with Crippen LogP contribution in [0.4, 0.5) is 0 Å². The second-order valence-corrected chi connectivity index (χ2v) is 6.03. The maximum Gasteiger partial charge on any atom is 0.220 e. The van der Waals surface area contributed by atoms with Crippen LogP contribution in [0.25, 0.3) is 0 Å². The third kappa shape index (κ3) is 6.68. The van der Waals surface area contributed by atoms with Crippen molar-refractivity contribution in [1.82, 2.24) is 5.32 Å². The lowest BCUT2D eigenvalue weighted by molar-refractivity contribution is -0.139. The van der Waals surface area contributed by atoms with Crippen LogP contribution in [0.2, 0.25) is 0 Å². The first-order valence-electron chi connectivity index (χ1n) is 7.75. The Bertz CT molecular complexity index is 281. The van der Waals surface area contributed by atoms with Crippen LogP contribution in [0, 0.1) is 5.92 Å². The van der Waals surface area contributed by atoms with Gasteiger partial charge in [0.25, 0.3) is 0 Å². The van der Waals surface area contributed by atoms with Crippen LogP contribution in [0.15, 0.2) is 0 Å². The number of nitrogens with two attached hydrogens (primary N) is 1. The second-order valence-electron chi connectivity index (χ2n) is 6.03. The van der Waals surface area contributed by atoms with E-state index < -0.39 is 5.79 Å². The van der Waals surface area contributed by atoms with Crippen LogP contribution in [0.1, 0.15) is 52.9 Å². The van der Waals surface area contributed by atoms with Gasteiger partial charge in [0, 0.05) is 13.0 Å². The van der Waals surface area contributed by atoms with Gasteiger partial charge in [-0.25, -0.2) is 0 Å². The highest BCUT2D eigenvalue weighted by atomic mass is 16.7. The van der Waals surface area contributed by atoms with E-state index in [4.69, 9.17) is 15.2 Å². The predicted molar refractivity (Wildman–Crippen MR) is 79.2 cm³/mol. The van der Waals surface area contributed by atoms with E-state index in [0.29, 0.717) is 32.0 Å². The number of rotatable bonds is 9. The van der Waals surface area contributed by atoms with Crippen molar-refractivity contribution < 1.29 is 14.3 Å². The molecule has 1 aliphatic rings. The molecule has 5 heteroatoms. The molecular weight excluding hydrogens is 256 g/mol. The first-order chi connectivity index (χ1) is 9.46. The highest BCUT2D eigenvalue weighted by molar-refractivity contribution is 5.75. The Morgan fingerprint density at radius 3 is 2.70 bits per heavy atom. The van der Waals surface area contributed by atoms with Gasteiger partial charge in [-0.1, -0.05) is 19.8 Å². The molecule has 20 heavy (non-hydrogen) atoms. The summed E-state index contributed by atoms with van der Waals surface area (Å²) in [5, 5.41) is 2.93. The fourth-order valence-electron chi connectivity index (χ4n) is 2.59. The number of hydrogen-bond acceptors (Lipinski definition) is 4. The maximum atomic E-state index is 11.8. The average molecular weight is 286 g/mol.